The standard InChI is InChI=1S/C19H21NO/c1-20-10-9-19-16-13-3-2-4-14(16)21-17(19)12-5-7-18(19,8-6-12)15(20)11-13/h2-5,7,12,15,17H,6,8-11H2,1H3/t12?,15-,17+,18?,19+/m1/s1. The smallest absolute Gasteiger partial charge is 0.124 e. The van der Waals surface area contributed by atoms with Gasteiger partial charge in [0.1, 0.15) is 11.9 Å². The van der Waals surface area contributed by atoms with E-state index in [1.54, 1.807) is 11.1 Å². The fourth-order valence-electron chi connectivity index (χ4n) is 6.71. The summed E-state index contributed by atoms with van der Waals surface area (Å²) in [5, 5.41) is 0. The summed E-state index contributed by atoms with van der Waals surface area (Å²) in [5.41, 5.74) is 3.79. The van der Waals surface area contributed by atoms with Crippen molar-refractivity contribution in [1.82, 2.24) is 4.90 Å². The summed E-state index contributed by atoms with van der Waals surface area (Å²) in [4.78, 5) is 2.63. The molecule has 1 aromatic carbocycles. The minimum Gasteiger partial charge on any atom is -0.489 e. The first-order valence-corrected chi connectivity index (χ1v) is 8.45. The summed E-state index contributed by atoms with van der Waals surface area (Å²) in [7, 11) is 2.33. The van der Waals surface area contributed by atoms with Crippen LogP contribution in [0.2, 0.25) is 0 Å². The molecule has 0 radical (unpaired) electrons. The minimum atomic E-state index is 0.284. The van der Waals surface area contributed by atoms with Gasteiger partial charge in [0.25, 0.3) is 0 Å². The topological polar surface area (TPSA) is 12.5 Å². The van der Waals surface area contributed by atoms with E-state index in [2.05, 4.69) is 42.3 Å². The highest BCUT2D eigenvalue weighted by Gasteiger charge is 2.72. The van der Waals surface area contributed by atoms with Crippen molar-refractivity contribution in [2.75, 3.05) is 13.6 Å². The van der Waals surface area contributed by atoms with Crippen LogP contribution in [0.5, 0.6) is 5.75 Å². The molecule has 1 saturated heterocycles. The van der Waals surface area contributed by atoms with E-state index in [4.69, 9.17) is 4.74 Å². The molecule has 2 fully saturated rings. The number of nitrogens with zero attached hydrogens (tertiary/aromatic N) is 1. The van der Waals surface area contributed by atoms with Crippen molar-refractivity contribution in [3.63, 3.8) is 0 Å². The van der Waals surface area contributed by atoms with Gasteiger partial charge in [0.15, 0.2) is 0 Å². The summed E-state index contributed by atoms with van der Waals surface area (Å²) in [6.45, 7) is 1.22. The van der Waals surface area contributed by atoms with Crippen LogP contribution in [-0.2, 0) is 11.8 Å². The van der Waals surface area contributed by atoms with Crippen LogP contribution >= 0.6 is 0 Å². The third-order valence-electron chi connectivity index (χ3n) is 7.45. The zero-order valence-electron chi connectivity index (χ0n) is 12.5. The number of hydrogen-bond acceptors (Lipinski definition) is 2. The Morgan fingerprint density at radius 1 is 1.29 bits per heavy atom. The van der Waals surface area contributed by atoms with Crippen molar-refractivity contribution in [2.24, 2.45) is 11.3 Å². The third kappa shape index (κ3) is 0.963. The summed E-state index contributed by atoms with van der Waals surface area (Å²) in [5.74, 6) is 1.84. The highest BCUT2D eigenvalue weighted by Crippen LogP contribution is 2.71. The van der Waals surface area contributed by atoms with Crippen molar-refractivity contribution in [1.29, 1.82) is 0 Å². The molecule has 5 atom stereocenters. The van der Waals surface area contributed by atoms with Gasteiger partial charge < -0.3 is 9.64 Å². The SMILES string of the molecule is CN1CC[C@]23c4c5cccc4O[C@H]2C2C=CC3(CC2)[C@H]1C5. The maximum atomic E-state index is 6.57. The van der Waals surface area contributed by atoms with Crippen LogP contribution in [0.3, 0.4) is 0 Å². The highest BCUT2D eigenvalue weighted by molar-refractivity contribution is 5.59. The Morgan fingerprint density at radius 3 is 3.10 bits per heavy atom. The number of likely N-dealkylation sites (N-methyl/N-ethyl adjacent to an activating group) is 1. The monoisotopic (exact) mass is 279 g/mol. The Morgan fingerprint density at radius 2 is 2.24 bits per heavy atom. The third-order valence-corrected chi connectivity index (χ3v) is 7.45. The molecule has 2 spiro atoms. The Kier molecular flexibility index (Phi) is 1.73. The molecule has 2 heterocycles. The Balaban J connectivity index is 1.76. The Bertz CT molecular complexity index is 695. The highest BCUT2D eigenvalue weighted by atomic mass is 16.5. The molecule has 6 aliphatic rings. The van der Waals surface area contributed by atoms with Crippen molar-refractivity contribution in [2.45, 2.75) is 43.2 Å². The number of rotatable bonds is 0. The van der Waals surface area contributed by atoms with E-state index in [-0.39, 0.29) is 5.41 Å². The number of hydrogen-bond donors (Lipinski definition) is 0. The first-order valence-electron chi connectivity index (χ1n) is 8.45. The molecule has 108 valence electrons. The average Bonchev–Trinajstić information content (AvgIpc) is 2.87. The summed E-state index contributed by atoms with van der Waals surface area (Å²) < 4.78 is 6.57. The summed E-state index contributed by atoms with van der Waals surface area (Å²) in [6, 6.07) is 7.44. The molecule has 7 rings (SSSR count). The van der Waals surface area contributed by atoms with Crippen LogP contribution < -0.4 is 4.74 Å². The van der Waals surface area contributed by atoms with Gasteiger partial charge in [-0.3, -0.25) is 0 Å². The average molecular weight is 279 g/mol. The van der Waals surface area contributed by atoms with Crippen molar-refractivity contribution < 1.29 is 4.74 Å². The summed E-state index contributed by atoms with van der Waals surface area (Å²) >= 11 is 0. The van der Waals surface area contributed by atoms with Crippen molar-refractivity contribution in [3.8, 4) is 5.75 Å². The van der Waals surface area contributed by atoms with Gasteiger partial charge in [-0.05, 0) is 50.9 Å². The maximum absolute atomic E-state index is 6.57. The normalized spacial score (nSPS) is 48.1. The molecule has 4 bridgehead atoms. The van der Waals surface area contributed by atoms with E-state index in [9.17, 15) is 0 Å². The van der Waals surface area contributed by atoms with Crippen LogP contribution in [0, 0.1) is 11.3 Å². The predicted molar refractivity (Wildman–Crippen MR) is 81.6 cm³/mol. The van der Waals surface area contributed by atoms with E-state index in [1.807, 2.05) is 0 Å². The molecule has 1 saturated carbocycles. The molecular formula is C19H21NO. The van der Waals surface area contributed by atoms with Crippen LogP contribution in [-0.4, -0.2) is 30.6 Å². The molecule has 2 nitrogen and oxygen atoms in total. The molecule has 4 aliphatic carbocycles. The lowest BCUT2D eigenvalue weighted by molar-refractivity contribution is -0.113. The molecule has 0 N–H and O–H groups in total. The first kappa shape index (κ1) is 11.3. The van der Waals surface area contributed by atoms with Crippen LogP contribution in [0.1, 0.15) is 30.4 Å². The second kappa shape index (κ2) is 3.22. The van der Waals surface area contributed by atoms with Crippen LogP contribution in [0.25, 0.3) is 0 Å². The van der Waals surface area contributed by atoms with E-state index in [1.165, 1.54) is 38.0 Å². The fraction of sp³-hybridized carbons (Fsp3) is 0.579. The molecule has 2 unspecified atom stereocenters. The first-order chi connectivity index (χ1) is 10.3. The lowest BCUT2D eigenvalue weighted by Gasteiger charge is -2.67. The van der Waals surface area contributed by atoms with E-state index in [0.29, 0.717) is 23.5 Å². The van der Waals surface area contributed by atoms with Gasteiger partial charge in [-0.1, -0.05) is 24.3 Å². The van der Waals surface area contributed by atoms with E-state index < -0.39 is 0 Å². The predicted octanol–water partition coefficient (Wildman–Crippen LogP) is 2.91. The van der Waals surface area contributed by atoms with Crippen LogP contribution in [0.4, 0.5) is 0 Å². The molecule has 2 heteroatoms. The largest absolute Gasteiger partial charge is 0.489 e. The number of ether oxygens (including phenoxy) is 1. The Labute approximate surface area is 125 Å². The summed E-state index contributed by atoms with van der Waals surface area (Å²) in [6.07, 6.45) is 10.7. The second-order valence-electron chi connectivity index (χ2n) is 7.85. The Hall–Kier alpha value is -1.28. The molecule has 0 aromatic heterocycles. The van der Waals surface area contributed by atoms with Gasteiger partial charge in [0, 0.05) is 28.4 Å². The van der Waals surface area contributed by atoms with Gasteiger partial charge >= 0.3 is 0 Å². The minimum absolute atomic E-state index is 0.284. The van der Waals surface area contributed by atoms with Gasteiger partial charge in [0.2, 0.25) is 0 Å². The zero-order chi connectivity index (χ0) is 13.8. The van der Waals surface area contributed by atoms with E-state index in [0.717, 1.165) is 0 Å². The van der Waals surface area contributed by atoms with E-state index >= 15 is 0 Å². The van der Waals surface area contributed by atoms with Crippen molar-refractivity contribution in [3.05, 3.63) is 41.5 Å². The maximum Gasteiger partial charge on any atom is 0.124 e. The van der Waals surface area contributed by atoms with Gasteiger partial charge in [0.05, 0.1) is 0 Å². The van der Waals surface area contributed by atoms with Crippen LogP contribution in [0.15, 0.2) is 30.4 Å². The van der Waals surface area contributed by atoms with Gasteiger partial charge in [-0.2, -0.15) is 0 Å². The zero-order valence-corrected chi connectivity index (χ0v) is 12.5. The number of piperidine rings is 1. The lowest BCUT2D eigenvalue weighted by atomic mass is 9.40. The fourth-order valence-corrected chi connectivity index (χ4v) is 6.71. The molecule has 2 aliphatic heterocycles. The second-order valence-corrected chi connectivity index (χ2v) is 7.85. The number of benzene rings is 1. The van der Waals surface area contributed by atoms with Gasteiger partial charge in [-0.25, -0.2) is 0 Å². The quantitative estimate of drug-likeness (QED) is 0.677. The van der Waals surface area contributed by atoms with Crippen molar-refractivity contribution >= 4 is 0 Å². The molecular weight excluding hydrogens is 258 g/mol. The van der Waals surface area contributed by atoms with Gasteiger partial charge in [-0.15, -0.1) is 0 Å². The molecule has 1 aromatic rings. The molecule has 0 amide bonds. The molecule has 21 heavy (non-hydrogen) atoms. The number of fused-ring (bicyclic) bond motifs is 1. The lowest BCUT2D eigenvalue weighted by Crippen LogP contribution is -2.72. The number of likely N-dealkylation sites (tertiary alicyclic amines) is 1.